The molecule has 0 unspecified atom stereocenters. The number of hydrogen-bond donors (Lipinski definition) is 1. The van der Waals surface area contributed by atoms with Gasteiger partial charge in [0.1, 0.15) is 9.98 Å². The average Bonchev–Trinajstić information content (AvgIpc) is 2.75. The van der Waals surface area contributed by atoms with Gasteiger partial charge in [-0.1, -0.05) is 17.7 Å². The number of halogens is 1. The lowest BCUT2D eigenvalue weighted by atomic mass is 10.1. The van der Waals surface area contributed by atoms with E-state index in [1.807, 2.05) is 19.1 Å². The van der Waals surface area contributed by atoms with Gasteiger partial charge in [-0.3, -0.25) is 0 Å². The predicted octanol–water partition coefficient (Wildman–Crippen LogP) is 5.01. The Kier molecular flexibility index (Phi) is 3.36. The van der Waals surface area contributed by atoms with Crippen molar-refractivity contribution in [3.8, 4) is 0 Å². The third-order valence-corrected chi connectivity index (χ3v) is 4.46. The second kappa shape index (κ2) is 5.04. The predicted molar refractivity (Wildman–Crippen MR) is 86.4 cm³/mol. The number of nitrogens with zero attached hydrogens (tertiary/aromatic N) is 2. The number of fused-ring (bicyclic) bond motifs is 1. The number of thiophene rings is 1. The molecule has 5 heteroatoms. The molecule has 2 aromatic heterocycles. The normalized spacial score (nSPS) is 11.0. The molecular weight excluding hydrogens is 290 g/mol. The lowest BCUT2D eigenvalue weighted by Gasteiger charge is -2.07. The van der Waals surface area contributed by atoms with Crippen LogP contribution in [0, 0.1) is 20.8 Å². The lowest BCUT2D eigenvalue weighted by Crippen LogP contribution is -1.97. The molecule has 0 aliphatic carbocycles. The van der Waals surface area contributed by atoms with Crippen molar-refractivity contribution in [1.82, 2.24) is 9.97 Å². The molecule has 0 spiro atoms. The van der Waals surface area contributed by atoms with Gasteiger partial charge in [0, 0.05) is 16.0 Å². The first-order valence-corrected chi connectivity index (χ1v) is 7.50. The van der Waals surface area contributed by atoms with E-state index in [2.05, 4.69) is 41.3 Å². The first kappa shape index (κ1) is 13.3. The third kappa shape index (κ3) is 2.49. The number of nitrogens with one attached hydrogen (secondary N) is 1. The molecule has 3 aromatic rings. The number of rotatable bonds is 2. The van der Waals surface area contributed by atoms with Gasteiger partial charge in [0.2, 0.25) is 5.95 Å². The Morgan fingerprint density at radius 1 is 1.05 bits per heavy atom. The van der Waals surface area contributed by atoms with Crippen molar-refractivity contribution >= 4 is 44.8 Å². The number of hydrogen-bond acceptors (Lipinski definition) is 4. The van der Waals surface area contributed by atoms with Crippen molar-refractivity contribution < 1.29 is 0 Å². The SMILES string of the molecule is Cc1cc2c(Cl)nc(Nc3ccc(C)c(C)c3)nc2s1. The van der Waals surface area contributed by atoms with E-state index in [4.69, 9.17) is 11.6 Å². The van der Waals surface area contributed by atoms with Crippen molar-refractivity contribution in [3.05, 3.63) is 45.4 Å². The van der Waals surface area contributed by atoms with Gasteiger partial charge in [0.05, 0.1) is 0 Å². The molecule has 0 amide bonds. The molecule has 102 valence electrons. The minimum Gasteiger partial charge on any atom is -0.324 e. The van der Waals surface area contributed by atoms with Crippen LogP contribution in [0.3, 0.4) is 0 Å². The maximum Gasteiger partial charge on any atom is 0.230 e. The molecule has 0 aliphatic heterocycles. The van der Waals surface area contributed by atoms with Crippen LogP contribution in [0.1, 0.15) is 16.0 Å². The van der Waals surface area contributed by atoms with Gasteiger partial charge in [-0.15, -0.1) is 11.3 Å². The highest BCUT2D eigenvalue weighted by Gasteiger charge is 2.09. The van der Waals surface area contributed by atoms with Crippen molar-refractivity contribution in [1.29, 1.82) is 0 Å². The molecule has 0 saturated carbocycles. The summed E-state index contributed by atoms with van der Waals surface area (Å²) in [6, 6.07) is 8.19. The molecule has 2 heterocycles. The summed E-state index contributed by atoms with van der Waals surface area (Å²) < 4.78 is 0. The van der Waals surface area contributed by atoms with Crippen LogP contribution < -0.4 is 5.32 Å². The van der Waals surface area contributed by atoms with Crippen LogP contribution in [-0.2, 0) is 0 Å². The van der Waals surface area contributed by atoms with E-state index in [0.717, 1.165) is 15.9 Å². The third-order valence-electron chi connectivity index (χ3n) is 3.23. The molecule has 3 rings (SSSR count). The van der Waals surface area contributed by atoms with E-state index in [1.165, 1.54) is 16.0 Å². The average molecular weight is 304 g/mol. The monoisotopic (exact) mass is 303 g/mol. The van der Waals surface area contributed by atoms with Crippen LogP contribution in [0.2, 0.25) is 5.15 Å². The van der Waals surface area contributed by atoms with E-state index >= 15 is 0 Å². The van der Waals surface area contributed by atoms with Crippen LogP contribution in [0.4, 0.5) is 11.6 Å². The molecule has 0 bridgehead atoms. The molecule has 1 N–H and O–H groups in total. The van der Waals surface area contributed by atoms with Crippen LogP contribution >= 0.6 is 22.9 Å². The molecule has 0 fully saturated rings. The fourth-order valence-electron chi connectivity index (χ4n) is 2.01. The molecule has 0 atom stereocenters. The zero-order valence-electron chi connectivity index (χ0n) is 11.5. The highest BCUT2D eigenvalue weighted by Crippen LogP contribution is 2.30. The zero-order chi connectivity index (χ0) is 14.3. The molecule has 3 nitrogen and oxygen atoms in total. The van der Waals surface area contributed by atoms with Gasteiger partial charge in [0.25, 0.3) is 0 Å². The summed E-state index contributed by atoms with van der Waals surface area (Å²) >= 11 is 7.83. The summed E-state index contributed by atoms with van der Waals surface area (Å²) in [6.07, 6.45) is 0. The van der Waals surface area contributed by atoms with Crippen molar-refractivity contribution in [2.24, 2.45) is 0 Å². The Hall–Kier alpha value is -1.65. The Balaban J connectivity index is 1.99. The van der Waals surface area contributed by atoms with Crippen molar-refractivity contribution in [3.63, 3.8) is 0 Å². The summed E-state index contributed by atoms with van der Waals surface area (Å²) in [6.45, 7) is 6.21. The minimum atomic E-state index is 0.491. The fraction of sp³-hybridized carbons (Fsp3) is 0.200. The molecule has 1 aromatic carbocycles. The Bertz CT molecular complexity index is 795. The first-order chi connectivity index (χ1) is 9.52. The maximum atomic E-state index is 6.21. The summed E-state index contributed by atoms with van der Waals surface area (Å²) in [4.78, 5) is 10.9. The van der Waals surface area contributed by atoms with Gasteiger partial charge in [0.15, 0.2) is 0 Å². The highest BCUT2D eigenvalue weighted by molar-refractivity contribution is 7.18. The Morgan fingerprint density at radius 2 is 1.85 bits per heavy atom. The molecule has 0 radical (unpaired) electrons. The minimum absolute atomic E-state index is 0.491. The number of aromatic nitrogens is 2. The fourth-order valence-corrected chi connectivity index (χ4v) is 3.17. The zero-order valence-corrected chi connectivity index (χ0v) is 13.1. The van der Waals surface area contributed by atoms with Gasteiger partial charge in [-0.05, 0) is 50.1 Å². The molecule has 0 aliphatic rings. The summed E-state index contributed by atoms with van der Waals surface area (Å²) in [5.41, 5.74) is 3.46. The Morgan fingerprint density at radius 3 is 2.60 bits per heavy atom. The van der Waals surface area contributed by atoms with Gasteiger partial charge < -0.3 is 5.32 Å². The summed E-state index contributed by atoms with van der Waals surface area (Å²) in [7, 11) is 0. The van der Waals surface area contributed by atoms with Crippen LogP contribution in [-0.4, -0.2) is 9.97 Å². The molecular formula is C15H14ClN3S. The highest BCUT2D eigenvalue weighted by atomic mass is 35.5. The van der Waals surface area contributed by atoms with Gasteiger partial charge >= 0.3 is 0 Å². The van der Waals surface area contributed by atoms with Crippen molar-refractivity contribution in [2.75, 3.05) is 5.32 Å². The number of aryl methyl sites for hydroxylation is 3. The lowest BCUT2D eigenvalue weighted by molar-refractivity contribution is 1.22. The van der Waals surface area contributed by atoms with Crippen LogP contribution in [0.25, 0.3) is 10.2 Å². The van der Waals surface area contributed by atoms with E-state index in [1.54, 1.807) is 11.3 Å². The van der Waals surface area contributed by atoms with E-state index in [9.17, 15) is 0 Å². The first-order valence-electron chi connectivity index (χ1n) is 6.31. The number of benzene rings is 1. The largest absolute Gasteiger partial charge is 0.324 e. The quantitative estimate of drug-likeness (QED) is 0.676. The smallest absolute Gasteiger partial charge is 0.230 e. The van der Waals surface area contributed by atoms with E-state index < -0.39 is 0 Å². The topological polar surface area (TPSA) is 37.8 Å². The summed E-state index contributed by atoms with van der Waals surface area (Å²) in [5, 5.41) is 4.62. The molecule has 0 saturated heterocycles. The standard InChI is InChI=1S/C15H14ClN3S/c1-8-4-5-11(6-9(8)2)17-15-18-13(16)12-7-10(3)20-14(12)19-15/h4-7H,1-3H3,(H,17,18,19). The maximum absolute atomic E-state index is 6.21. The van der Waals surface area contributed by atoms with E-state index in [0.29, 0.717) is 11.1 Å². The van der Waals surface area contributed by atoms with Gasteiger partial charge in [-0.25, -0.2) is 9.97 Å². The van der Waals surface area contributed by atoms with Crippen LogP contribution in [0.15, 0.2) is 24.3 Å². The van der Waals surface area contributed by atoms with Crippen molar-refractivity contribution in [2.45, 2.75) is 20.8 Å². The second-order valence-electron chi connectivity index (χ2n) is 4.84. The summed E-state index contributed by atoms with van der Waals surface area (Å²) in [5.74, 6) is 0.535. The van der Waals surface area contributed by atoms with Gasteiger partial charge in [-0.2, -0.15) is 0 Å². The van der Waals surface area contributed by atoms with E-state index in [-0.39, 0.29) is 0 Å². The van der Waals surface area contributed by atoms with Crippen LogP contribution in [0.5, 0.6) is 0 Å². The molecule has 20 heavy (non-hydrogen) atoms. The Labute approximate surface area is 126 Å². The number of anilines is 2. The second-order valence-corrected chi connectivity index (χ2v) is 6.43.